The Morgan fingerprint density at radius 1 is 1.29 bits per heavy atom. The minimum absolute atomic E-state index is 0.107. The van der Waals surface area contributed by atoms with E-state index >= 15 is 0 Å². The lowest BCUT2D eigenvalue weighted by molar-refractivity contribution is 0.0697. The highest BCUT2D eigenvalue weighted by Gasteiger charge is 2.21. The van der Waals surface area contributed by atoms with Crippen LogP contribution in [-0.2, 0) is 0 Å². The Morgan fingerprint density at radius 2 is 2.14 bits per heavy atom. The fourth-order valence-corrected chi connectivity index (χ4v) is 2.84. The predicted molar refractivity (Wildman–Crippen MR) is 84.0 cm³/mol. The number of fused-ring (bicyclic) bond motifs is 1. The van der Waals surface area contributed by atoms with Crippen LogP contribution < -0.4 is 10.1 Å². The third kappa shape index (κ3) is 3.03. The maximum atomic E-state index is 11.0. The predicted octanol–water partition coefficient (Wildman–Crippen LogP) is 4.08. The molecule has 108 valence electrons. The van der Waals surface area contributed by atoms with Crippen LogP contribution in [0.2, 0.25) is 0 Å². The molecule has 2 aromatic carbocycles. The zero-order valence-electron chi connectivity index (χ0n) is 11.2. The Hall–Kier alpha value is -2.01. The fourth-order valence-electron chi connectivity index (χ4n) is 2.46. The van der Waals surface area contributed by atoms with Crippen LogP contribution in [0.25, 0.3) is 0 Å². The molecule has 0 aliphatic carbocycles. The van der Waals surface area contributed by atoms with Gasteiger partial charge in [-0.15, -0.1) is 0 Å². The first-order valence-corrected chi connectivity index (χ1v) is 7.45. The second kappa shape index (κ2) is 5.77. The first kappa shape index (κ1) is 13.9. The number of anilines is 1. The van der Waals surface area contributed by atoms with Gasteiger partial charge < -0.3 is 15.2 Å². The van der Waals surface area contributed by atoms with Gasteiger partial charge in [0.1, 0.15) is 5.75 Å². The van der Waals surface area contributed by atoms with E-state index in [1.165, 1.54) is 0 Å². The summed E-state index contributed by atoms with van der Waals surface area (Å²) in [6.07, 6.45) is 0.834. The van der Waals surface area contributed by atoms with Gasteiger partial charge in [0.25, 0.3) is 0 Å². The largest absolute Gasteiger partial charge is 0.493 e. The van der Waals surface area contributed by atoms with Crippen LogP contribution in [0, 0.1) is 0 Å². The van der Waals surface area contributed by atoms with Gasteiger partial charge in [-0.3, -0.25) is 0 Å². The van der Waals surface area contributed by atoms with Crippen molar-refractivity contribution >= 4 is 27.6 Å². The molecule has 1 atom stereocenters. The number of carboxylic acid groups (broad SMARTS) is 1. The van der Waals surface area contributed by atoms with Crippen molar-refractivity contribution < 1.29 is 14.6 Å². The van der Waals surface area contributed by atoms with Crippen molar-refractivity contribution in [1.29, 1.82) is 0 Å². The molecule has 0 bridgehead atoms. The lowest BCUT2D eigenvalue weighted by atomic mass is 10.00. The van der Waals surface area contributed by atoms with Gasteiger partial charge in [0.15, 0.2) is 0 Å². The van der Waals surface area contributed by atoms with Crippen LogP contribution in [0.5, 0.6) is 5.75 Å². The topological polar surface area (TPSA) is 58.6 Å². The second-order valence-corrected chi connectivity index (χ2v) is 5.82. The van der Waals surface area contributed by atoms with Gasteiger partial charge in [0.05, 0.1) is 18.2 Å². The van der Waals surface area contributed by atoms with E-state index < -0.39 is 5.97 Å². The summed E-state index contributed by atoms with van der Waals surface area (Å²) in [6, 6.07) is 12.9. The number of hydrogen-bond acceptors (Lipinski definition) is 3. The van der Waals surface area contributed by atoms with Crippen LogP contribution in [0.15, 0.2) is 46.9 Å². The number of benzene rings is 2. The van der Waals surface area contributed by atoms with Crippen molar-refractivity contribution in [2.75, 3.05) is 11.9 Å². The van der Waals surface area contributed by atoms with Crippen molar-refractivity contribution in [1.82, 2.24) is 0 Å². The van der Waals surface area contributed by atoms with Gasteiger partial charge in [0, 0.05) is 22.1 Å². The summed E-state index contributed by atoms with van der Waals surface area (Å²) in [6.45, 7) is 0.644. The molecule has 1 unspecified atom stereocenters. The average Bonchev–Trinajstić information content (AvgIpc) is 2.48. The number of carbonyl (C=O) groups is 1. The fraction of sp³-hybridized carbons (Fsp3) is 0.188. The van der Waals surface area contributed by atoms with E-state index in [1.54, 1.807) is 18.2 Å². The Balaban J connectivity index is 1.88. The molecule has 3 rings (SSSR count). The molecule has 21 heavy (non-hydrogen) atoms. The Morgan fingerprint density at radius 3 is 2.95 bits per heavy atom. The molecule has 0 saturated carbocycles. The Kier molecular flexibility index (Phi) is 3.84. The molecule has 2 aromatic rings. The molecule has 5 heteroatoms. The highest BCUT2D eigenvalue weighted by molar-refractivity contribution is 9.10. The number of hydrogen-bond donors (Lipinski definition) is 2. The van der Waals surface area contributed by atoms with E-state index in [0.29, 0.717) is 6.61 Å². The number of halogens is 1. The first-order valence-electron chi connectivity index (χ1n) is 6.65. The van der Waals surface area contributed by atoms with Crippen molar-refractivity contribution in [2.45, 2.75) is 12.5 Å². The summed E-state index contributed by atoms with van der Waals surface area (Å²) in [5.74, 6) is -0.0508. The molecule has 1 heterocycles. The van der Waals surface area contributed by atoms with E-state index in [-0.39, 0.29) is 11.6 Å². The molecule has 0 amide bonds. The van der Waals surface area contributed by atoms with Crippen LogP contribution in [-0.4, -0.2) is 17.7 Å². The molecule has 0 fully saturated rings. The van der Waals surface area contributed by atoms with Crippen molar-refractivity contribution in [3.8, 4) is 5.75 Å². The normalized spacial score (nSPS) is 16.7. The van der Waals surface area contributed by atoms with Gasteiger partial charge in [-0.25, -0.2) is 4.79 Å². The molecule has 4 nitrogen and oxygen atoms in total. The maximum absolute atomic E-state index is 11.0. The van der Waals surface area contributed by atoms with Crippen LogP contribution >= 0.6 is 15.9 Å². The summed E-state index contributed by atoms with van der Waals surface area (Å²) in [4.78, 5) is 11.0. The highest BCUT2D eigenvalue weighted by atomic mass is 79.9. The minimum Gasteiger partial charge on any atom is -0.493 e. The number of carboxylic acids is 1. The van der Waals surface area contributed by atoms with Crippen LogP contribution in [0.4, 0.5) is 5.69 Å². The van der Waals surface area contributed by atoms with E-state index in [2.05, 4.69) is 21.2 Å². The second-order valence-electron chi connectivity index (χ2n) is 4.90. The molecule has 1 aliphatic heterocycles. The summed E-state index contributed by atoms with van der Waals surface area (Å²) >= 11 is 3.47. The summed E-state index contributed by atoms with van der Waals surface area (Å²) in [5.41, 5.74) is 2.16. The zero-order valence-corrected chi connectivity index (χ0v) is 12.8. The summed E-state index contributed by atoms with van der Waals surface area (Å²) in [5, 5.41) is 12.5. The molecule has 0 spiro atoms. The molecule has 0 saturated heterocycles. The summed E-state index contributed by atoms with van der Waals surface area (Å²) < 4.78 is 6.65. The van der Waals surface area contributed by atoms with E-state index in [9.17, 15) is 4.79 Å². The monoisotopic (exact) mass is 347 g/mol. The molecule has 0 aromatic heterocycles. The average molecular weight is 348 g/mol. The third-order valence-electron chi connectivity index (χ3n) is 3.46. The lowest BCUT2D eigenvalue weighted by Gasteiger charge is -2.27. The molecule has 2 N–H and O–H groups in total. The lowest BCUT2D eigenvalue weighted by Crippen LogP contribution is -2.20. The molecular weight excluding hydrogens is 334 g/mol. The number of ether oxygens (including phenoxy) is 1. The highest BCUT2D eigenvalue weighted by Crippen LogP contribution is 2.36. The zero-order chi connectivity index (χ0) is 14.8. The molecule has 1 aliphatic rings. The molecular formula is C16H14BrNO3. The number of nitrogens with one attached hydrogen (secondary N) is 1. The third-order valence-corrected chi connectivity index (χ3v) is 3.96. The number of rotatable bonds is 3. The van der Waals surface area contributed by atoms with E-state index in [0.717, 1.165) is 27.9 Å². The van der Waals surface area contributed by atoms with Gasteiger partial charge in [-0.2, -0.15) is 0 Å². The first-order chi connectivity index (χ1) is 10.1. The van der Waals surface area contributed by atoms with Crippen molar-refractivity contribution in [3.05, 3.63) is 58.1 Å². The van der Waals surface area contributed by atoms with Gasteiger partial charge >= 0.3 is 5.97 Å². The van der Waals surface area contributed by atoms with Crippen molar-refractivity contribution in [2.24, 2.45) is 0 Å². The van der Waals surface area contributed by atoms with Gasteiger partial charge in [-0.05, 0) is 36.4 Å². The standard InChI is InChI=1S/C16H14BrNO3/c17-11-4-5-15-13(9-11)14(6-7-21-15)18-12-3-1-2-10(8-12)16(19)20/h1-5,8-9,14,18H,6-7H2,(H,19,20). The van der Waals surface area contributed by atoms with E-state index in [1.807, 2.05) is 24.3 Å². The quantitative estimate of drug-likeness (QED) is 0.878. The van der Waals surface area contributed by atoms with Crippen molar-refractivity contribution in [3.63, 3.8) is 0 Å². The smallest absolute Gasteiger partial charge is 0.335 e. The van der Waals surface area contributed by atoms with Gasteiger partial charge in [-0.1, -0.05) is 22.0 Å². The minimum atomic E-state index is -0.922. The maximum Gasteiger partial charge on any atom is 0.335 e. The van der Waals surface area contributed by atoms with Crippen LogP contribution in [0.1, 0.15) is 28.4 Å². The number of aromatic carboxylic acids is 1. The summed E-state index contributed by atoms with van der Waals surface area (Å²) in [7, 11) is 0. The SMILES string of the molecule is O=C(O)c1cccc(NC2CCOc3ccc(Br)cc32)c1. The molecule has 0 radical (unpaired) electrons. The van der Waals surface area contributed by atoms with E-state index in [4.69, 9.17) is 9.84 Å². The van der Waals surface area contributed by atoms with Gasteiger partial charge in [0.2, 0.25) is 0 Å². The van der Waals surface area contributed by atoms with Crippen LogP contribution in [0.3, 0.4) is 0 Å². The Labute approximate surface area is 130 Å². The Bertz CT molecular complexity index is 687.